The van der Waals surface area contributed by atoms with Crippen molar-refractivity contribution in [1.82, 2.24) is 19.4 Å². The van der Waals surface area contributed by atoms with Crippen molar-refractivity contribution in [2.45, 2.75) is 72.7 Å². The zero-order chi connectivity index (χ0) is 35.6. The Bertz CT molecular complexity index is 1270. The molecule has 1 aliphatic heterocycles. The van der Waals surface area contributed by atoms with Gasteiger partial charge in [-0.15, -0.1) is 0 Å². The number of aliphatic hydroxyl groups is 2. The van der Waals surface area contributed by atoms with Crippen molar-refractivity contribution in [3.63, 3.8) is 0 Å². The second-order valence-electron chi connectivity index (χ2n) is 10.4. The molecule has 0 amide bonds. The van der Waals surface area contributed by atoms with E-state index in [1.165, 1.54) is 51.5 Å². The number of nitrogens with zero attached hydrogens (tertiary/aromatic N) is 4. The molecule has 16 nitrogen and oxygen atoms in total. The van der Waals surface area contributed by atoms with Gasteiger partial charge in [0.05, 0.1) is 13.2 Å². The standard InChI is InChI=1S/C17H23N3O11P2.2C6H15N/c21-14-12(9-30-33(27,28)10-32(24,25)26)31-16(15(14)22)20-7-6-13(18-17(20)23)19-29-8-11-4-2-1-3-5-11;2*1-4-7(5-2)6-3/h1-7,12,14-16,21-22H,8-10H2,(H,27,28)(H,18,19,23)(H2,24,25,26);2*4-6H2,1-3H3/t12-,14-,15-,16-;;/m1../s1. The van der Waals surface area contributed by atoms with Gasteiger partial charge in [-0.05, 0) is 50.9 Å². The molecule has 1 aliphatic rings. The highest BCUT2D eigenvalue weighted by Crippen LogP contribution is 2.55. The van der Waals surface area contributed by atoms with Gasteiger partial charge in [0, 0.05) is 6.20 Å². The largest absolute Gasteiger partial charge is 0.387 e. The van der Waals surface area contributed by atoms with Crippen LogP contribution in [0.15, 0.2) is 47.4 Å². The third kappa shape index (κ3) is 16.3. The van der Waals surface area contributed by atoms with Crippen LogP contribution in [0, 0.1) is 0 Å². The quantitative estimate of drug-likeness (QED) is 0.109. The maximum atomic E-state index is 12.4. The van der Waals surface area contributed by atoms with Crippen LogP contribution in [0.2, 0.25) is 0 Å². The summed E-state index contributed by atoms with van der Waals surface area (Å²) in [5.41, 5.74) is 2.55. The topological polar surface area (TPSA) is 216 Å². The summed E-state index contributed by atoms with van der Waals surface area (Å²) in [7, 11) is -9.53. The van der Waals surface area contributed by atoms with Gasteiger partial charge in [-0.25, -0.2) is 10.3 Å². The summed E-state index contributed by atoms with van der Waals surface area (Å²) < 4.78 is 33.5. The molecule has 1 fully saturated rings. The minimum absolute atomic E-state index is 0.0822. The first-order valence-corrected chi connectivity index (χ1v) is 19.2. The van der Waals surface area contributed by atoms with E-state index in [9.17, 15) is 29.0 Å². The second-order valence-corrected chi connectivity index (χ2v) is 14.4. The molecule has 0 spiro atoms. The number of aromatic nitrogens is 2. The third-order valence-electron chi connectivity index (χ3n) is 7.19. The van der Waals surface area contributed by atoms with Crippen molar-refractivity contribution in [3.05, 3.63) is 58.6 Å². The Kier molecular flexibility index (Phi) is 20.0. The first kappa shape index (κ1) is 43.0. The zero-order valence-electron chi connectivity index (χ0n) is 28.1. The monoisotopic (exact) mass is 709 g/mol. The van der Waals surface area contributed by atoms with E-state index < -0.39 is 57.9 Å². The van der Waals surface area contributed by atoms with Gasteiger partial charge >= 0.3 is 20.9 Å². The molecule has 5 atom stereocenters. The zero-order valence-corrected chi connectivity index (χ0v) is 29.9. The summed E-state index contributed by atoms with van der Waals surface area (Å²) in [6, 6.07) is 10.6. The number of ether oxygens (including phenoxy) is 1. The number of aliphatic hydroxyl groups excluding tert-OH is 2. The Labute approximate surface area is 277 Å². The highest BCUT2D eigenvalue weighted by molar-refractivity contribution is 7.70. The van der Waals surface area contributed by atoms with Gasteiger partial charge < -0.3 is 44.0 Å². The van der Waals surface area contributed by atoms with Gasteiger partial charge in [0.1, 0.15) is 18.3 Å². The predicted octanol–water partition coefficient (Wildman–Crippen LogP) is 2.44. The molecule has 270 valence electrons. The highest BCUT2D eigenvalue weighted by atomic mass is 31.2. The predicted molar refractivity (Wildman–Crippen MR) is 179 cm³/mol. The van der Waals surface area contributed by atoms with Crippen LogP contribution >= 0.6 is 15.2 Å². The van der Waals surface area contributed by atoms with Gasteiger partial charge in [0.25, 0.3) is 0 Å². The van der Waals surface area contributed by atoms with Crippen LogP contribution in [-0.2, 0) is 29.8 Å². The first-order chi connectivity index (χ1) is 22.1. The Balaban J connectivity index is 0.000000658. The number of rotatable bonds is 16. The van der Waals surface area contributed by atoms with Gasteiger partial charge in [-0.1, -0.05) is 71.9 Å². The van der Waals surface area contributed by atoms with Crippen LogP contribution in [-0.4, -0.2) is 114 Å². The average molecular weight is 710 g/mol. The molecular formula is C29H53N5O11P2. The van der Waals surface area contributed by atoms with E-state index in [2.05, 4.69) is 66.3 Å². The van der Waals surface area contributed by atoms with Crippen molar-refractivity contribution < 1.29 is 48.1 Å². The Morgan fingerprint density at radius 1 is 0.872 bits per heavy atom. The molecule has 18 heteroatoms. The van der Waals surface area contributed by atoms with Crippen molar-refractivity contribution in [2.24, 2.45) is 0 Å². The summed E-state index contributed by atoms with van der Waals surface area (Å²) in [5.74, 6) is -1.34. The van der Waals surface area contributed by atoms with Gasteiger partial charge in [-0.2, -0.15) is 4.98 Å². The van der Waals surface area contributed by atoms with Crippen molar-refractivity contribution in [3.8, 4) is 0 Å². The van der Waals surface area contributed by atoms with Crippen LogP contribution in [0.3, 0.4) is 0 Å². The fourth-order valence-electron chi connectivity index (χ4n) is 4.33. The third-order valence-corrected chi connectivity index (χ3v) is 10.6. The molecule has 6 N–H and O–H groups in total. The van der Waals surface area contributed by atoms with Crippen LogP contribution in [0.5, 0.6) is 0 Å². The maximum Gasteiger partial charge on any atom is 0.351 e. The van der Waals surface area contributed by atoms with E-state index in [-0.39, 0.29) is 12.4 Å². The maximum absolute atomic E-state index is 12.4. The average Bonchev–Trinajstić information content (AvgIpc) is 3.30. The fourth-order valence-corrected chi connectivity index (χ4v) is 6.90. The lowest BCUT2D eigenvalue weighted by Gasteiger charge is -2.18. The SMILES string of the molecule is CCN(CC)CC.CCN(CC)CC.O=c1nc(NOCc2ccccc2)ccn1[C@@H]1O[C@H](COP(=O)(O)CP(=O)(O)O)[C@@H](O)[C@H]1O. The van der Waals surface area contributed by atoms with Crippen LogP contribution in [0.25, 0.3) is 0 Å². The lowest BCUT2D eigenvalue weighted by molar-refractivity contribution is -0.0523. The molecule has 0 bridgehead atoms. The van der Waals surface area contributed by atoms with E-state index in [4.69, 9.17) is 19.4 Å². The minimum Gasteiger partial charge on any atom is -0.387 e. The number of benzene rings is 1. The van der Waals surface area contributed by atoms with E-state index in [1.54, 1.807) is 0 Å². The minimum atomic E-state index is -4.83. The molecule has 3 rings (SSSR count). The molecule has 47 heavy (non-hydrogen) atoms. The summed E-state index contributed by atoms with van der Waals surface area (Å²) in [4.78, 5) is 53.3. The molecule has 1 saturated heterocycles. The van der Waals surface area contributed by atoms with Gasteiger partial charge in [-0.3, -0.25) is 18.5 Å². The second kappa shape index (κ2) is 21.8. The van der Waals surface area contributed by atoms with Crippen molar-refractivity contribution in [2.75, 3.05) is 57.3 Å². The lowest BCUT2D eigenvalue weighted by atomic mass is 10.1. The fraction of sp³-hybridized carbons (Fsp3) is 0.655. The highest BCUT2D eigenvalue weighted by Gasteiger charge is 2.45. The molecule has 1 aromatic heterocycles. The molecule has 0 radical (unpaired) electrons. The molecule has 0 saturated carbocycles. The Morgan fingerprint density at radius 3 is 1.85 bits per heavy atom. The molecule has 2 aromatic rings. The number of hydrogen-bond acceptors (Lipinski definition) is 12. The van der Waals surface area contributed by atoms with Gasteiger partial charge in [0.15, 0.2) is 17.9 Å². The normalized spacial score (nSPS) is 20.6. The number of nitrogens with one attached hydrogen (secondary N) is 1. The van der Waals surface area contributed by atoms with Crippen molar-refractivity contribution >= 4 is 21.0 Å². The van der Waals surface area contributed by atoms with E-state index in [0.29, 0.717) is 0 Å². The van der Waals surface area contributed by atoms with E-state index >= 15 is 0 Å². The molecular weight excluding hydrogens is 656 g/mol. The number of anilines is 1. The van der Waals surface area contributed by atoms with Crippen LogP contribution < -0.4 is 11.2 Å². The summed E-state index contributed by atoms with van der Waals surface area (Å²) in [6.45, 7) is 19.7. The van der Waals surface area contributed by atoms with Crippen molar-refractivity contribution in [1.29, 1.82) is 0 Å². The summed E-state index contributed by atoms with van der Waals surface area (Å²) in [5, 5.41) is 20.4. The lowest BCUT2D eigenvalue weighted by Crippen LogP contribution is -2.36. The molecule has 1 aromatic carbocycles. The summed E-state index contributed by atoms with van der Waals surface area (Å²) >= 11 is 0. The molecule has 0 aliphatic carbocycles. The summed E-state index contributed by atoms with van der Waals surface area (Å²) in [6.07, 6.45) is -4.76. The van der Waals surface area contributed by atoms with Crippen LogP contribution in [0.1, 0.15) is 53.3 Å². The Morgan fingerprint density at radius 2 is 1.40 bits per heavy atom. The van der Waals surface area contributed by atoms with Crippen LogP contribution in [0.4, 0.5) is 5.82 Å². The molecule has 1 unspecified atom stereocenters. The molecule has 2 heterocycles. The first-order valence-electron chi connectivity index (χ1n) is 15.6. The van der Waals surface area contributed by atoms with E-state index in [0.717, 1.165) is 10.1 Å². The smallest absolute Gasteiger partial charge is 0.351 e. The van der Waals surface area contributed by atoms with E-state index in [1.807, 2.05) is 30.3 Å². The Hall–Kier alpha value is -2.04. The number of hydrogen-bond donors (Lipinski definition) is 6. The van der Waals surface area contributed by atoms with Gasteiger partial charge in [0.2, 0.25) is 0 Å².